The molecule has 0 bridgehead atoms. The third kappa shape index (κ3) is 7.35. The molecule has 0 unspecified atom stereocenters. The van der Waals surface area contributed by atoms with Crippen LogP contribution in [-0.2, 0) is 24.7 Å². The molecule has 0 atom stereocenters. The normalized spacial score (nSPS) is 13.2. The zero-order valence-corrected chi connectivity index (χ0v) is 23.2. The third-order valence-corrected chi connectivity index (χ3v) is 12.4. The van der Waals surface area contributed by atoms with Crippen molar-refractivity contribution in [1.29, 1.82) is 0 Å². The van der Waals surface area contributed by atoms with Crippen molar-refractivity contribution in [3.63, 3.8) is 0 Å². The summed E-state index contributed by atoms with van der Waals surface area (Å²) in [6.45, 7) is 0. The lowest BCUT2D eigenvalue weighted by Gasteiger charge is -2.31. The van der Waals surface area contributed by atoms with Crippen molar-refractivity contribution in [1.82, 2.24) is 0 Å². The summed E-state index contributed by atoms with van der Waals surface area (Å²) in [5.74, 6) is -0.870. The Hall–Kier alpha value is -3.10. The van der Waals surface area contributed by atoms with Crippen molar-refractivity contribution >= 4 is 37.1 Å². The van der Waals surface area contributed by atoms with Gasteiger partial charge in [0.1, 0.15) is 0 Å². The van der Waals surface area contributed by atoms with Gasteiger partial charge in [-0.15, -0.1) is 0 Å². The second kappa shape index (κ2) is 12.1. The fraction of sp³-hybridized carbons (Fsp3) is 0.172. The van der Waals surface area contributed by atoms with Gasteiger partial charge in [-0.05, 0) is 61.3 Å². The summed E-state index contributed by atoms with van der Waals surface area (Å²) in [6.07, 6.45) is -20.3. The number of benzene rings is 4. The molecule has 0 radical (unpaired) electrons. The fourth-order valence-electron chi connectivity index (χ4n) is 4.50. The minimum Gasteiger partial charge on any atom is -0.166 e. The molecule has 0 amide bonds. The van der Waals surface area contributed by atoms with Crippen LogP contribution in [0.4, 0.5) is 52.7 Å². The Morgan fingerprint density at radius 1 is 0.326 bits per heavy atom. The fourth-order valence-corrected chi connectivity index (χ4v) is 11.6. The molecular weight excluding hydrogens is 638 g/mol. The monoisotopic (exact) mass is 656 g/mol. The average molecular weight is 656 g/mol. The number of halogens is 12. The molecule has 4 aromatic carbocycles. The minimum atomic E-state index is -5.08. The smallest absolute Gasteiger partial charge is 0.166 e. The lowest BCUT2D eigenvalue weighted by Crippen LogP contribution is -2.31. The van der Waals surface area contributed by atoms with Crippen LogP contribution in [0.2, 0.25) is 0 Å². The number of alkyl halides is 12. The molecule has 0 fully saturated rings. The van der Waals surface area contributed by atoms with Gasteiger partial charge < -0.3 is 0 Å². The van der Waals surface area contributed by atoms with Crippen molar-refractivity contribution in [3.8, 4) is 0 Å². The molecule has 0 spiro atoms. The maximum atomic E-state index is 14.2. The third-order valence-electron chi connectivity index (χ3n) is 6.28. The highest BCUT2D eigenvalue weighted by Crippen LogP contribution is 2.54. The highest BCUT2D eigenvalue weighted by Gasteiger charge is 2.43. The Morgan fingerprint density at radius 2 is 0.512 bits per heavy atom. The van der Waals surface area contributed by atoms with Gasteiger partial charge in [0, 0.05) is 5.90 Å². The molecule has 0 saturated carbocycles. The lowest BCUT2D eigenvalue weighted by molar-refractivity contribution is -0.137. The molecule has 0 N–H and O–H groups in total. The Balaban J connectivity index is 2.10. The predicted octanol–water partition coefficient (Wildman–Crippen LogP) is 9.28. The molecule has 0 aromatic heterocycles. The summed E-state index contributed by atoms with van der Waals surface area (Å²) in [5.41, 5.74) is -5.33. The first kappa shape index (κ1) is 32.8. The lowest BCUT2D eigenvalue weighted by atomic mass is 10.2. The van der Waals surface area contributed by atoms with Crippen LogP contribution in [0.1, 0.15) is 22.3 Å². The van der Waals surface area contributed by atoms with E-state index in [0.717, 1.165) is 72.8 Å². The highest BCUT2D eigenvalue weighted by molar-refractivity contribution is 7.88. The van der Waals surface area contributed by atoms with Gasteiger partial charge in [0.25, 0.3) is 0 Å². The average Bonchev–Trinajstić information content (AvgIpc) is 2.92. The summed E-state index contributed by atoms with van der Waals surface area (Å²) >= 11 is 0. The van der Waals surface area contributed by atoms with E-state index in [2.05, 4.69) is 0 Å². The first-order chi connectivity index (χ1) is 19.9. The zero-order valence-electron chi connectivity index (χ0n) is 21.4. The van der Waals surface area contributed by atoms with Gasteiger partial charge in [-0.2, -0.15) is 52.7 Å². The van der Waals surface area contributed by atoms with Crippen LogP contribution in [0, 0.1) is 0 Å². The van der Waals surface area contributed by atoms with Gasteiger partial charge in [-0.1, -0.05) is 72.8 Å². The van der Waals surface area contributed by atoms with Crippen LogP contribution >= 0.6 is 15.8 Å². The summed E-state index contributed by atoms with van der Waals surface area (Å²) < 4.78 is 170. The molecule has 4 aromatic rings. The van der Waals surface area contributed by atoms with Gasteiger partial charge in [0.05, 0.1) is 22.3 Å². The van der Waals surface area contributed by atoms with E-state index in [-0.39, 0.29) is 0 Å². The molecule has 0 nitrogen and oxygen atoms in total. The van der Waals surface area contributed by atoms with Crippen LogP contribution in [0.25, 0.3) is 0 Å². The van der Waals surface area contributed by atoms with Crippen molar-refractivity contribution < 1.29 is 52.7 Å². The second-order valence-electron chi connectivity index (χ2n) is 9.06. The molecule has 228 valence electrons. The maximum absolute atomic E-state index is 14.2. The van der Waals surface area contributed by atoms with Crippen LogP contribution in [-0.4, -0.2) is 5.90 Å². The van der Waals surface area contributed by atoms with Crippen LogP contribution < -0.4 is 21.2 Å². The summed E-state index contributed by atoms with van der Waals surface area (Å²) in [6, 6.07) is 14.7. The van der Waals surface area contributed by atoms with Crippen molar-refractivity contribution in [2.75, 3.05) is 5.90 Å². The van der Waals surface area contributed by atoms with Crippen molar-refractivity contribution in [2.45, 2.75) is 24.7 Å². The standard InChI is InChI=1S/C29H18F12P2/c30-26(31,32)18-9-1-5-13-22(18)42(23-14-6-2-10-19(23)27(33,34)35)17-43(24-15-7-3-11-20(24)28(36,37)38)25-16-8-4-12-21(25)29(39,40)41/h1-16H,17H2. The van der Waals surface area contributed by atoms with Gasteiger partial charge in [-0.25, -0.2) is 0 Å². The summed E-state index contributed by atoms with van der Waals surface area (Å²) in [5, 5.41) is -2.60. The van der Waals surface area contributed by atoms with E-state index in [9.17, 15) is 52.7 Å². The maximum Gasteiger partial charge on any atom is 0.417 e. The second-order valence-corrected chi connectivity index (χ2v) is 13.8. The van der Waals surface area contributed by atoms with Gasteiger partial charge >= 0.3 is 24.7 Å². The first-order valence-electron chi connectivity index (χ1n) is 12.1. The molecular formula is C29H18F12P2. The molecule has 0 aliphatic heterocycles. The number of hydrogen-bond acceptors (Lipinski definition) is 0. The highest BCUT2D eigenvalue weighted by atomic mass is 31.2. The number of hydrogen-bond donors (Lipinski definition) is 0. The van der Waals surface area contributed by atoms with Crippen LogP contribution in [0.5, 0.6) is 0 Å². The van der Waals surface area contributed by atoms with Crippen LogP contribution in [0.15, 0.2) is 97.1 Å². The Kier molecular flexibility index (Phi) is 9.25. The Labute approximate surface area is 239 Å². The van der Waals surface area contributed by atoms with Gasteiger partial charge in [-0.3, -0.25) is 0 Å². The Bertz CT molecular complexity index is 1340. The van der Waals surface area contributed by atoms with E-state index >= 15 is 0 Å². The molecule has 0 saturated heterocycles. The van der Waals surface area contributed by atoms with E-state index in [1.54, 1.807) is 0 Å². The van der Waals surface area contributed by atoms with E-state index in [1.165, 1.54) is 0 Å². The molecule has 0 aliphatic rings. The first-order valence-corrected chi connectivity index (χ1v) is 15.2. The predicted molar refractivity (Wildman–Crippen MR) is 143 cm³/mol. The van der Waals surface area contributed by atoms with E-state index < -0.39 is 89.9 Å². The van der Waals surface area contributed by atoms with Gasteiger partial charge in [0.2, 0.25) is 0 Å². The minimum absolute atomic E-state index is 0.621. The van der Waals surface area contributed by atoms with E-state index in [4.69, 9.17) is 0 Å². The topological polar surface area (TPSA) is 0 Å². The van der Waals surface area contributed by atoms with E-state index in [0.29, 0.717) is 24.3 Å². The molecule has 14 heteroatoms. The molecule has 43 heavy (non-hydrogen) atoms. The molecule has 4 rings (SSSR count). The Morgan fingerprint density at radius 3 is 0.698 bits per heavy atom. The molecule has 0 aliphatic carbocycles. The van der Waals surface area contributed by atoms with Crippen LogP contribution in [0.3, 0.4) is 0 Å². The van der Waals surface area contributed by atoms with Gasteiger partial charge in [0.15, 0.2) is 0 Å². The zero-order chi connectivity index (χ0) is 31.8. The summed E-state index contributed by atoms with van der Waals surface area (Å²) in [4.78, 5) is 0. The molecule has 0 heterocycles. The SMILES string of the molecule is FC(F)(F)c1ccccc1P(CP(c1ccccc1C(F)(F)F)c1ccccc1C(F)(F)F)c1ccccc1C(F)(F)F. The van der Waals surface area contributed by atoms with Crippen molar-refractivity contribution in [2.24, 2.45) is 0 Å². The number of rotatable bonds is 6. The summed E-state index contributed by atoms with van der Waals surface area (Å²) in [7, 11) is -5.70. The largest absolute Gasteiger partial charge is 0.417 e. The van der Waals surface area contributed by atoms with Crippen molar-refractivity contribution in [3.05, 3.63) is 119 Å². The van der Waals surface area contributed by atoms with E-state index in [1.807, 2.05) is 0 Å². The quantitative estimate of drug-likeness (QED) is 0.143.